The van der Waals surface area contributed by atoms with Crippen molar-refractivity contribution in [1.29, 1.82) is 0 Å². The number of aromatic carboxylic acids is 1. The number of hydrogen-bond acceptors (Lipinski definition) is 6. The Bertz CT molecular complexity index is 1550. The number of nitrogens with zero attached hydrogens (tertiary/aromatic N) is 2. The van der Waals surface area contributed by atoms with Crippen molar-refractivity contribution in [2.24, 2.45) is 5.73 Å². The molecule has 0 saturated heterocycles. The van der Waals surface area contributed by atoms with Crippen molar-refractivity contribution >= 4 is 28.5 Å². The highest BCUT2D eigenvalue weighted by Crippen LogP contribution is 2.42. The Morgan fingerprint density at radius 3 is 2.38 bits per heavy atom. The van der Waals surface area contributed by atoms with E-state index in [9.17, 15) is 14.7 Å². The monoisotopic (exact) mass is 528 g/mol. The van der Waals surface area contributed by atoms with Gasteiger partial charge in [0.25, 0.3) is 5.91 Å². The first kappa shape index (κ1) is 27.9. The van der Waals surface area contributed by atoms with E-state index in [4.69, 9.17) is 10.2 Å². The van der Waals surface area contributed by atoms with Gasteiger partial charge in [-0.15, -0.1) is 0 Å². The lowest BCUT2D eigenvalue weighted by Crippen LogP contribution is -2.27. The average Bonchev–Trinajstić information content (AvgIpc) is 2.92. The zero-order chi connectivity index (χ0) is 28.1. The van der Waals surface area contributed by atoms with Crippen LogP contribution in [0.2, 0.25) is 0 Å². The normalized spacial score (nSPS) is 11.1. The Labute approximate surface area is 228 Å². The molecule has 204 valence electrons. The van der Waals surface area contributed by atoms with Gasteiger partial charge in [0, 0.05) is 66.1 Å². The molecule has 0 bridgehead atoms. The third-order valence-electron chi connectivity index (χ3n) is 6.91. The van der Waals surface area contributed by atoms with Crippen molar-refractivity contribution < 1.29 is 19.1 Å². The molecule has 2 aromatic carbocycles. The number of carbonyl (C=O) groups is 2. The van der Waals surface area contributed by atoms with E-state index in [0.717, 1.165) is 47.7 Å². The predicted octanol–water partition coefficient (Wildman–Crippen LogP) is 2.91. The summed E-state index contributed by atoms with van der Waals surface area (Å²) in [4.78, 5) is 27.2. The molecule has 0 radical (unpaired) electrons. The lowest BCUT2D eigenvalue weighted by Gasteiger charge is -2.20. The minimum atomic E-state index is -1.35. The van der Waals surface area contributed by atoms with Gasteiger partial charge < -0.3 is 30.3 Å². The van der Waals surface area contributed by atoms with E-state index in [1.807, 2.05) is 74.1 Å². The van der Waals surface area contributed by atoms with Crippen molar-refractivity contribution in [3.05, 3.63) is 71.1 Å². The number of hydrogen-bond donors (Lipinski definition) is 2. The van der Waals surface area contributed by atoms with Crippen LogP contribution in [0.4, 0.5) is 5.69 Å². The Morgan fingerprint density at radius 2 is 1.69 bits per heavy atom. The zero-order valence-corrected chi connectivity index (χ0v) is 23.0. The average molecular weight is 529 g/mol. The first-order valence-electron chi connectivity index (χ1n) is 13.2. The summed E-state index contributed by atoms with van der Waals surface area (Å²) >= 11 is 0. The van der Waals surface area contributed by atoms with E-state index in [-0.39, 0.29) is 17.0 Å². The van der Waals surface area contributed by atoms with Crippen LogP contribution in [-0.4, -0.2) is 53.2 Å². The van der Waals surface area contributed by atoms with Crippen LogP contribution in [0.1, 0.15) is 46.4 Å². The van der Waals surface area contributed by atoms with Gasteiger partial charge in [0.1, 0.15) is 25.4 Å². The largest absolute Gasteiger partial charge is 0.545 e. The minimum absolute atomic E-state index is 0.0484. The van der Waals surface area contributed by atoms with Gasteiger partial charge in [0.2, 0.25) is 5.36 Å². The van der Waals surface area contributed by atoms with E-state index in [1.54, 1.807) is 12.1 Å². The molecule has 39 heavy (non-hydrogen) atoms. The van der Waals surface area contributed by atoms with Crippen LogP contribution in [0.3, 0.4) is 0 Å². The van der Waals surface area contributed by atoms with Gasteiger partial charge in [-0.05, 0) is 55.3 Å². The fourth-order valence-electron chi connectivity index (χ4n) is 4.71. The van der Waals surface area contributed by atoms with Gasteiger partial charge in [0.15, 0.2) is 0 Å². The van der Waals surface area contributed by atoms with Crippen molar-refractivity contribution in [3.8, 4) is 22.5 Å². The summed E-state index contributed by atoms with van der Waals surface area (Å²) < 4.78 is 8.32. The van der Waals surface area contributed by atoms with Crippen molar-refractivity contribution in [2.45, 2.75) is 25.7 Å². The molecule has 0 unspecified atom stereocenters. The van der Waals surface area contributed by atoms with Crippen molar-refractivity contribution in [2.75, 3.05) is 46.2 Å². The molecule has 0 aromatic heterocycles. The van der Waals surface area contributed by atoms with Gasteiger partial charge in [-0.2, -0.15) is 0 Å². The molecule has 0 saturated carbocycles. The highest BCUT2D eigenvalue weighted by Gasteiger charge is 2.22. The molecule has 0 spiro atoms. The molecule has 2 aromatic rings. The molecule has 4 rings (SSSR count). The lowest BCUT2D eigenvalue weighted by molar-refractivity contribution is -0.254. The number of nitrogens with two attached hydrogens (primary N) is 1. The molecular formula is C31H36N4O4. The van der Waals surface area contributed by atoms with Crippen LogP contribution in [0.5, 0.6) is 0 Å². The molecule has 1 heterocycles. The summed E-state index contributed by atoms with van der Waals surface area (Å²) in [7, 11) is 7.80. The third-order valence-corrected chi connectivity index (χ3v) is 6.91. The van der Waals surface area contributed by atoms with E-state index in [2.05, 4.69) is 5.32 Å². The number of carboxylic acids is 1. The third kappa shape index (κ3) is 6.12. The number of nitrogens with one attached hydrogen (secondary N) is 1. The second-order valence-electron chi connectivity index (χ2n) is 10.1. The fourth-order valence-corrected chi connectivity index (χ4v) is 4.71. The first-order valence-corrected chi connectivity index (χ1v) is 13.2. The Balaban J connectivity index is 1.83. The number of carbonyl (C=O) groups excluding carboxylic acids is 2. The minimum Gasteiger partial charge on any atom is -0.545 e. The molecule has 3 N–H and O–H groups in total. The van der Waals surface area contributed by atoms with E-state index < -0.39 is 5.97 Å². The highest BCUT2D eigenvalue weighted by atomic mass is 16.4. The van der Waals surface area contributed by atoms with Gasteiger partial charge in [-0.1, -0.05) is 18.9 Å². The topological polar surface area (TPSA) is 115 Å². The molecule has 1 amide bonds. The van der Waals surface area contributed by atoms with Crippen LogP contribution in [0, 0.1) is 0 Å². The van der Waals surface area contributed by atoms with Gasteiger partial charge >= 0.3 is 0 Å². The second-order valence-corrected chi connectivity index (χ2v) is 10.1. The molecular weight excluding hydrogens is 492 g/mol. The molecule has 1 aliphatic heterocycles. The molecule has 1 aliphatic carbocycles. The summed E-state index contributed by atoms with van der Waals surface area (Å²) in [5.41, 5.74) is 9.28. The molecule has 0 atom stereocenters. The maximum Gasteiger partial charge on any atom is 0.251 e. The predicted molar refractivity (Wildman–Crippen MR) is 154 cm³/mol. The number of carboxylic acid groups (broad SMARTS) is 1. The Hall–Kier alpha value is -4.17. The van der Waals surface area contributed by atoms with Crippen molar-refractivity contribution in [1.82, 2.24) is 9.89 Å². The van der Waals surface area contributed by atoms with Gasteiger partial charge in [-0.25, -0.2) is 4.58 Å². The van der Waals surface area contributed by atoms with Gasteiger partial charge in [0.05, 0.1) is 12.0 Å². The van der Waals surface area contributed by atoms with Crippen LogP contribution in [0.15, 0.2) is 59.0 Å². The Kier molecular flexibility index (Phi) is 8.66. The van der Waals surface area contributed by atoms with E-state index in [1.165, 1.54) is 6.07 Å². The summed E-state index contributed by atoms with van der Waals surface area (Å²) in [6.07, 6.45) is 3.80. The van der Waals surface area contributed by atoms with Crippen LogP contribution < -0.4 is 31.0 Å². The SMILES string of the molecule is CN(C)c1ccc2c(-c3ccc(C(=O)NCCCCCCN)cc3C(=O)[O-])c3ccc(=[N+](C)C)cc-3oc2c1. The fraction of sp³-hybridized carbons (Fsp3) is 0.323. The number of unbranched alkanes of at least 4 members (excludes halogenated alkanes) is 3. The lowest BCUT2D eigenvalue weighted by atomic mass is 9.89. The zero-order valence-electron chi connectivity index (χ0n) is 23.0. The van der Waals surface area contributed by atoms with E-state index in [0.29, 0.717) is 35.6 Å². The van der Waals surface area contributed by atoms with Crippen molar-refractivity contribution in [3.63, 3.8) is 0 Å². The maximum atomic E-state index is 12.8. The van der Waals surface area contributed by atoms with Crippen LogP contribution in [0.25, 0.3) is 33.4 Å². The number of fused-ring (bicyclic) bond motifs is 2. The van der Waals surface area contributed by atoms with Gasteiger partial charge in [-0.3, -0.25) is 4.79 Å². The number of benzene rings is 3. The standard InChI is InChI=1S/C31H36N4O4/c1-34(2)21-10-13-24-27(18-21)39-28-19-22(35(3)4)11-14-25(28)29(24)23-12-9-20(17-26(23)31(37)38)30(36)33-16-8-6-5-7-15-32/h9-14,17-19H,5-8,15-16,32H2,1-4H3,(H-,33,36,37,38). The molecule has 2 aliphatic rings. The highest BCUT2D eigenvalue weighted by molar-refractivity contribution is 6.08. The summed E-state index contributed by atoms with van der Waals surface area (Å²) in [6.45, 7) is 1.18. The van der Waals surface area contributed by atoms with Crippen LogP contribution >= 0.6 is 0 Å². The molecule has 0 fully saturated rings. The maximum absolute atomic E-state index is 12.8. The number of rotatable bonds is 10. The number of anilines is 1. The molecule has 8 heteroatoms. The Morgan fingerprint density at radius 1 is 0.949 bits per heavy atom. The van der Waals surface area contributed by atoms with Crippen LogP contribution in [-0.2, 0) is 0 Å². The smallest absolute Gasteiger partial charge is 0.251 e. The quantitative estimate of drug-likeness (QED) is 0.186. The summed E-state index contributed by atoms with van der Waals surface area (Å²) in [5.74, 6) is -1.04. The number of amides is 1. The summed E-state index contributed by atoms with van der Waals surface area (Å²) in [5, 5.41) is 17.0. The van der Waals surface area contributed by atoms with E-state index >= 15 is 0 Å². The second kappa shape index (κ2) is 12.1. The molecule has 8 nitrogen and oxygen atoms in total. The first-order chi connectivity index (χ1) is 18.7. The summed E-state index contributed by atoms with van der Waals surface area (Å²) in [6, 6.07) is 16.4.